The Morgan fingerprint density at radius 1 is 0.902 bits per heavy atom. The number of rotatable bonds is 9. The molecule has 6 rings (SSSR count). The Labute approximate surface area is 240 Å². The number of ether oxygens (including phenoxy) is 3. The highest BCUT2D eigenvalue weighted by Crippen LogP contribution is 2.48. The first-order valence-electron chi connectivity index (χ1n) is 13.6. The second kappa shape index (κ2) is 10.3. The lowest BCUT2D eigenvalue weighted by Crippen LogP contribution is -2.33. The minimum atomic E-state index is -3.98. The van der Waals surface area contributed by atoms with Gasteiger partial charge in [-0.1, -0.05) is 60.2 Å². The molecule has 0 bridgehead atoms. The molecule has 0 radical (unpaired) electrons. The van der Waals surface area contributed by atoms with Crippen molar-refractivity contribution in [2.45, 2.75) is 42.5 Å². The second-order valence-corrected chi connectivity index (χ2v) is 12.3. The lowest BCUT2D eigenvalue weighted by molar-refractivity contribution is 0.323. The van der Waals surface area contributed by atoms with Crippen molar-refractivity contribution in [1.29, 1.82) is 0 Å². The zero-order chi connectivity index (χ0) is 28.8. The van der Waals surface area contributed by atoms with E-state index in [2.05, 4.69) is 28.6 Å². The largest absolute Gasteiger partial charge is 0.493 e. The van der Waals surface area contributed by atoms with Gasteiger partial charge in [0.25, 0.3) is 10.0 Å². The minimum absolute atomic E-state index is 0.194. The molecule has 8 nitrogen and oxygen atoms in total. The fraction of sp³-hybridized carbons (Fsp3) is 0.281. The summed E-state index contributed by atoms with van der Waals surface area (Å²) in [4.78, 5) is 0.194. The van der Waals surface area contributed by atoms with Crippen molar-refractivity contribution in [3.63, 3.8) is 0 Å². The molecule has 1 N–H and O–H groups in total. The summed E-state index contributed by atoms with van der Waals surface area (Å²) < 4.78 is 46.4. The molecule has 1 heterocycles. The molecule has 212 valence electrons. The van der Waals surface area contributed by atoms with Crippen molar-refractivity contribution < 1.29 is 22.6 Å². The summed E-state index contributed by atoms with van der Waals surface area (Å²) in [5, 5.41) is 8.14. The van der Waals surface area contributed by atoms with Gasteiger partial charge in [0.2, 0.25) is 5.75 Å². The summed E-state index contributed by atoms with van der Waals surface area (Å²) in [5.74, 6) is 2.12. The van der Waals surface area contributed by atoms with Crippen LogP contribution in [0.25, 0.3) is 6.08 Å². The van der Waals surface area contributed by atoms with E-state index in [4.69, 9.17) is 14.2 Å². The lowest BCUT2D eigenvalue weighted by Gasteiger charge is -2.35. The van der Waals surface area contributed by atoms with Gasteiger partial charge in [-0.05, 0) is 55.2 Å². The molecule has 0 amide bonds. The summed E-state index contributed by atoms with van der Waals surface area (Å²) in [5.41, 5.74) is 3.49. The van der Waals surface area contributed by atoms with Gasteiger partial charge in [0.1, 0.15) is 0 Å². The predicted molar refractivity (Wildman–Crippen MR) is 159 cm³/mol. The molecule has 0 spiro atoms. The number of hydrogen-bond acceptors (Lipinski definition) is 7. The van der Waals surface area contributed by atoms with Gasteiger partial charge in [0.05, 0.1) is 31.9 Å². The van der Waals surface area contributed by atoms with Crippen molar-refractivity contribution in [2.24, 2.45) is 0 Å². The number of nitrogens with one attached hydrogen (secondary N) is 1. The molecule has 4 aromatic rings. The Kier molecular flexibility index (Phi) is 6.77. The van der Waals surface area contributed by atoms with Gasteiger partial charge in [-0.15, -0.1) is 5.10 Å². The van der Waals surface area contributed by atoms with Gasteiger partial charge in [0, 0.05) is 23.4 Å². The highest BCUT2D eigenvalue weighted by atomic mass is 32.2. The van der Waals surface area contributed by atoms with Crippen LogP contribution in [0.15, 0.2) is 77.7 Å². The fourth-order valence-corrected chi connectivity index (χ4v) is 6.83. The maximum Gasteiger partial charge on any atom is 0.283 e. The molecule has 0 aliphatic heterocycles. The molecule has 3 aromatic carbocycles. The third-order valence-corrected chi connectivity index (χ3v) is 9.53. The van der Waals surface area contributed by atoms with E-state index < -0.39 is 15.4 Å². The number of benzene rings is 3. The van der Waals surface area contributed by atoms with Crippen LogP contribution in [0.2, 0.25) is 0 Å². The van der Waals surface area contributed by atoms with Crippen LogP contribution in [-0.4, -0.2) is 45.0 Å². The maximum atomic E-state index is 14.1. The van der Waals surface area contributed by atoms with Crippen LogP contribution in [0, 0.1) is 6.92 Å². The topological polar surface area (TPSA) is 91.7 Å². The van der Waals surface area contributed by atoms with Gasteiger partial charge in [-0.25, -0.2) is 0 Å². The van der Waals surface area contributed by atoms with Crippen molar-refractivity contribution >= 4 is 21.9 Å². The van der Waals surface area contributed by atoms with Crippen molar-refractivity contribution in [3.8, 4) is 17.2 Å². The van der Waals surface area contributed by atoms with Crippen molar-refractivity contribution in [3.05, 3.63) is 101 Å². The molecule has 0 saturated heterocycles. The normalized spacial score (nSPS) is 18.0. The molecular formula is C32H33N3O5S. The molecule has 1 atom stereocenters. The zero-order valence-corrected chi connectivity index (χ0v) is 24.4. The van der Waals surface area contributed by atoms with Crippen LogP contribution in [0.4, 0.5) is 5.82 Å². The monoisotopic (exact) mass is 571 g/mol. The van der Waals surface area contributed by atoms with E-state index >= 15 is 0 Å². The smallest absolute Gasteiger partial charge is 0.283 e. The first-order valence-corrected chi connectivity index (χ1v) is 15.0. The maximum absolute atomic E-state index is 14.1. The zero-order valence-electron chi connectivity index (χ0n) is 23.5. The second-order valence-electron chi connectivity index (χ2n) is 10.6. The lowest BCUT2D eigenvalue weighted by atomic mass is 9.68. The van der Waals surface area contributed by atoms with Crippen LogP contribution < -0.4 is 19.5 Å². The van der Waals surface area contributed by atoms with E-state index in [1.165, 1.54) is 4.09 Å². The summed E-state index contributed by atoms with van der Waals surface area (Å²) in [6, 6.07) is 21.1. The first kappa shape index (κ1) is 27.0. The average Bonchev–Trinajstić information content (AvgIpc) is 3.75. The molecule has 1 saturated carbocycles. The number of hydrogen-bond donors (Lipinski definition) is 1. The summed E-state index contributed by atoms with van der Waals surface area (Å²) in [6.45, 7) is 1.93. The van der Waals surface area contributed by atoms with E-state index in [-0.39, 0.29) is 4.90 Å². The fourth-order valence-electron chi connectivity index (χ4n) is 5.51. The average molecular weight is 572 g/mol. The van der Waals surface area contributed by atoms with E-state index in [0.717, 1.165) is 35.1 Å². The number of aromatic nitrogens is 2. The predicted octanol–water partition coefficient (Wildman–Crippen LogP) is 5.58. The van der Waals surface area contributed by atoms with Crippen LogP contribution >= 0.6 is 0 Å². The van der Waals surface area contributed by atoms with Crippen LogP contribution in [-0.2, 0) is 21.9 Å². The van der Waals surface area contributed by atoms with Gasteiger partial charge < -0.3 is 19.5 Å². The minimum Gasteiger partial charge on any atom is -0.493 e. The van der Waals surface area contributed by atoms with Crippen LogP contribution in [0.3, 0.4) is 0 Å². The van der Waals surface area contributed by atoms with E-state index in [0.29, 0.717) is 41.2 Å². The third kappa shape index (κ3) is 4.64. The van der Waals surface area contributed by atoms with E-state index in [1.807, 2.05) is 43.3 Å². The van der Waals surface area contributed by atoms with Crippen molar-refractivity contribution in [1.82, 2.24) is 9.19 Å². The summed E-state index contributed by atoms with van der Waals surface area (Å²) in [6.07, 6.45) is 6.54. The number of fused-ring (bicyclic) bond motifs is 1. The van der Waals surface area contributed by atoms with Gasteiger partial charge >= 0.3 is 0 Å². The Balaban J connectivity index is 1.58. The SMILES string of the molecule is COc1cc(C2(c3ccccc3)C=Cc3c(NC4CC4)nn(S(=O)(=O)c4ccc(C)cc4)c3C2)cc(OC)c1OC. The van der Waals surface area contributed by atoms with E-state index in [1.54, 1.807) is 45.6 Å². The van der Waals surface area contributed by atoms with Gasteiger partial charge in [-0.2, -0.15) is 12.5 Å². The van der Waals surface area contributed by atoms with E-state index in [9.17, 15) is 8.42 Å². The molecule has 9 heteroatoms. The summed E-state index contributed by atoms with van der Waals surface area (Å²) in [7, 11) is 0.767. The first-order chi connectivity index (χ1) is 19.8. The third-order valence-electron chi connectivity index (χ3n) is 7.90. The highest BCUT2D eigenvalue weighted by Gasteiger charge is 2.41. The number of nitrogens with zero attached hydrogens (tertiary/aromatic N) is 2. The molecule has 1 aromatic heterocycles. The highest BCUT2D eigenvalue weighted by molar-refractivity contribution is 7.89. The Bertz CT molecular complexity index is 1700. The van der Waals surface area contributed by atoms with Crippen molar-refractivity contribution in [2.75, 3.05) is 26.6 Å². The molecular weight excluding hydrogens is 538 g/mol. The van der Waals surface area contributed by atoms with Gasteiger partial charge in [-0.3, -0.25) is 0 Å². The molecule has 1 fully saturated rings. The number of aryl methyl sites for hydroxylation is 1. The van der Waals surface area contributed by atoms with Crippen LogP contribution in [0.1, 0.15) is 40.8 Å². The number of anilines is 1. The molecule has 1 unspecified atom stereocenters. The molecule has 41 heavy (non-hydrogen) atoms. The molecule has 2 aliphatic carbocycles. The summed E-state index contributed by atoms with van der Waals surface area (Å²) >= 11 is 0. The Morgan fingerprint density at radius 2 is 1.56 bits per heavy atom. The Morgan fingerprint density at radius 3 is 2.15 bits per heavy atom. The standard InChI is InChI=1S/C32H33N3O5S/c1-21-10-14-25(15-11-21)41(36,37)35-27-20-32(22-8-6-5-7-9-22,17-16-26(27)31(34-35)33-24-12-13-24)23-18-28(38-2)30(40-4)29(19-23)39-3/h5-11,14-19,24H,12-13,20H2,1-4H3,(H,33,34). The van der Waals surface area contributed by atoms with Gasteiger partial charge in [0.15, 0.2) is 17.3 Å². The quantitative estimate of drug-likeness (QED) is 0.280. The molecule has 2 aliphatic rings. The number of allylic oxidation sites excluding steroid dienone is 1. The van der Waals surface area contributed by atoms with Crippen LogP contribution in [0.5, 0.6) is 17.2 Å². The number of methoxy groups -OCH3 is 3. The Hall–Kier alpha value is -4.24.